The Balaban J connectivity index is 2.02. The maximum absolute atomic E-state index is 12.6. The standard InChI is InChI=1S/C13H13NO3S2/c15-10-5-7-14(8-6-10)19(16,17)13-9-18-12-4-2-1-3-11(12)13/h1-4,9H,5-8H2. The second-order valence-corrected chi connectivity index (χ2v) is 7.36. The Kier molecular flexibility index (Phi) is 3.16. The summed E-state index contributed by atoms with van der Waals surface area (Å²) in [5.74, 6) is 0.140. The first-order valence-corrected chi connectivity index (χ1v) is 8.39. The lowest BCUT2D eigenvalue weighted by Gasteiger charge is -2.24. The number of rotatable bonds is 2. The lowest BCUT2D eigenvalue weighted by Crippen LogP contribution is -2.38. The SMILES string of the molecule is O=C1CCN(S(=O)(=O)c2csc3ccccc23)CC1. The number of carbonyl (C=O) groups excluding carboxylic acids is 1. The van der Waals surface area contributed by atoms with Crippen LogP contribution in [-0.2, 0) is 14.8 Å². The molecule has 0 atom stereocenters. The number of hydrogen-bond acceptors (Lipinski definition) is 4. The molecule has 0 aliphatic carbocycles. The minimum Gasteiger partial charge on any atom is -0.300 e. The predicted molar refractivity (Wildman–Crippen MR) is 74.8 cm³/mol. The number of ketones is 1. The molecule has 1 aromatic carbocycles. The maximum Gasteiger partial charge on any atom is 0.244 e. The normalized spacial score (nSPS) is 18.0. The van der Waals surface area contributed by atoms with Crippen molar-refractivity contribution >= 4 is 37.2 Å². The molecular weight excluding hydrogens is 282 g/mol. The van der Waals surface area contributed by atoms with Crippen molar-refractivity contribution in [2.75, 3.05) is 13.1 Å². The predicted octanol–water partition coefficient (Wildman–Crippen LogP) is 2.25. The van der Waals surface area contributed by atoms with Crippen molar-refractivity contribution < 1.29 is 13.2 Å². The molecule has 2 aromatic rings. The van der Waals surface area contributed by atoms with Gasteiger partial charge in [-0.1, -0.05) is 18.2 Å². The molecule has 0 amide bonds. The van der Waals surface area contributed by atoms with Gasteiger partial charge in [-0.05, 0) is 6.07 Å². The lowest BCUT2D eigenvalue weighted by atomic mass is 10.1. The number of nitrogens with zero attached hydrogens (tertiary/aromatic N) is 1. The van der Waals surface area contributed by atoms with Gasteiger partial charge in [-0.15, -0.1) is 11.3 Å². The van der Waals surface area contributed by atoms with Gasteiger partial charge in [0.05, 0.1) is 0 Å². The van der Waals surface area contributed by atoms with Crippen molar-refractivity contribution in [2.45, 2.75) is 17.7 Å². The fourth-order valence-electron chi connectivity index (χ4n) is 2.27. The summed E-state index contributed by atoms with van der Waals surface area (Å²) in [6.07, 6.45) is 0.641. The minimum absolute atomic E-state index is 0.140. The maximum atomic E-state index is 12.6. The Bertz CT molecular complexity index is 723. The van der Waals surface area contributed by atoms with Crippen molar-refractivity contribution in [3.63, 3.8) is 0 Å². The first-order valence-electron chi connectivity index (χ1n) is 6.07. The molecule has 0 saturated carbocycles. The van der Waals surface area contributed by atoms with E-state index in [1.807, 2.05) is 24.3 Å². The van der Waals surface area contributed by atoms with Crippen molar-refractivity contribution in [3.05, 3.63) is 29.6 Å². The molecule has 6 heteroatoms. The van der Waals surface area contributed by atoms with Gasteiger partial charge in [-0.3, -0.25) is 4.79 Å². The van der Waals surface area contributed by atoms with E-state index in [-0.39, 0.29) is 5.78 Å². The van der Waals surface area contributed by atoms with E-state index in [2.05, 4.69) is 0 Å². The van der Waals surface area contributed by atoms with Gasteiger partial charge in [0.25, 0.3) is 0 Å². The third kappa shape index (κ3) is 2.20. The van der Waals surface area contributed by atoms with Gasteiger partial charge in [0.2, 0.25) is 10.0 Å². The molecule has 1 aromatic heterocycles. The van der Waals surface area contributed by atoms with Crippen molar-refractivity contribution in [3.8, 4) is 0 Å². The Labute approximate surface area is 115 Å². The number of sulfonamides is 1. The van der Waals surface area contributed by atoms with E-state index in [0.29, 0.717) is 30.8 Å². The molecule has 0 unspecified atom stereocenters. The topological polar surface area (TPSA) is 54.5 Å². The van der Waals surface area contributed by atoms with Crippen LogP contribution in [0.2, 0.25) is 0 Å². The second-order valence-electron chi connectivity index (χ2n) is 4.54. The molecule has 1 fully saturated rings. The molecule has 100 valence electrons. The Morgan fingerprint density at radius 3 is 2.53 bits per heavy atom. The van der Waals surface area contributed by atoms with Gasteiger partial charge in [0.15, 0.2) is 0 Å². The van der Waals surface area contributed by atoms with E-state index < -0.39 is 10.0 Å². The largest absolute Gasteiger partial charge is 0.300 e. The summed E-state index contributed by atoms with van der Waals surface area (Å²) >= 11 is 1.43. The fourth-order valence-corrected chi connectivity index (χ4v) is 5.18. The highest BCUT2D eigenvalue weighted by molar-refractivity contribution is 7.89. The van der Waals surface area contributed by atoms with Crippen LogP contribution >= 0.6 is 11.3 Å². The number of thiophene rings is 1. The van der Waals surface area contributed by atoms with Crippen LogP contribution in [0.15, 0.2) is 34.5 Å². The van der Waals surface area contributed by atoms with Crippen LogP contribution in [-0.4, -0.2) is 31.6 Å². The Morgan fingerprint density at radius 2 is 1.79 bits per heavy atom. The molecule has 4 nitrogen and oxygen atoms in total. The molecule has 0 spiro atoms. The number of piperidine rings is 1. The summed E-state index contributed by atoms with van der Waals surface area (Å²) in [5.41, 5.74) is 0. The minimum atomic E-state index is -3.48. The summed E-state index contributed by atoms with van der Waals surface area (Å²) < 4.78 is 27.6. The summed E-state index contributed by atoms with van der Waals surface area (Å²) in [5, 5.41) is 2.46. The highest BCUT2D eigenvalue weighted by atomic mass is 32.2. The molecule has 0 N–H and O–H groups in total. The first-order chi connectivity index (χ1) is 9.09. The van der Waals surface area contributed by atoms with Gasteiger partial charge < -0.3 is 0 Å². The van der Waals surface area contributed by atoms with Crippen molar-refractivity contribution in [2.24, 2.45) is 0 Å². The van der Waals surface area contributed by atoms with E-state index in [4.69, 9.17) is 0 Å². The van der Waals surface area contributed by atoms with E-state index in [0.717, 1.165) is 10.1 Å². The van der Waals surface area contributed by atoms with E-state index in [1.54, 1.807) is 5.38 Å². The lowest BCUT2D eigenvalue weighted by molar-refractivity contribution is -0.120. The van der Waals surface area contributed by atoms with Gasteiger partial charge in [0.1, 0.15) is 10.7 Å². The van der Waals surface area contributed by atoms with Crippen LogP contribution in [0.1, 0.15) is 12.8 Å². The average molecular weight is 295 g/mol. The summed E-state index contributed by atoms with van der Waals surface area (Å²) in [6.45, 7) is 0.594. The first kappa shape index (κ1) is 12.8. The van der Waals surface area contributed by atoms with Gasteiger partial charge in [-0.2, -0.15) is 4.31 Å². The van der Waals surface area contributed by atoms with Crippen LogP contribution in [0.3, 0.4) is 0 Å². The summed E-state index contributed by atoms with van der Waals surface area (Å²) in [7, 11) is -3.48. The Morgan fingerprint density at radius 1 is 1.11 bits per heavy atom. The second kappa shape index (κ2) is 4.70. The third-order valence-electron chi connectivity index (χ3n) is 3.34. The quantitative estimate of drug-likeness (QED) is 0.854. The Hall–Kier alpha value is -1.24. The molecule has 3 rings (SSSR count). The van der Waals surface area contributed by atoms with Crippen molar-refractivity contribution in [1.29, 1.82) is 0 Å². The smallest absolute Gasteiger partial charge is 0.244 e. The number of carbonyl (C=O) groups is 1. The van der Waals surface area contributed by atoms with Crippen LogP contribution in [0.4, 0.5) is 0 Å². The summed E-state index contributed by atoms with van der Waals surface area (Å²) in [6, 6.07) is 7.48. The van der Waals surface area contributed by atoms with Crippen LogP contribution in [0.25, 0.3) is 10.1 Å². The zero-order valence-electron chi connectivity index (χ0n) is 10.2. The molecule has 19 heavy (non-hydrogen) atoms. The molecule has 1 aliphatic heterocycles. The molecular formula is C13H13NO3S2. The fraction of sp³-hybridized carbons (Fsp3) is 0.308. The molecule has 0 bridgehead atoms. The number of Topliss-reactive ketones (excluding diaryl/α,β-unsaturated/α-hetero) is 1. The van der Waals surface area contributed by atoms with Crippen LogP contribution in [0.5, 0.6) is 0 Å². The molecule has 2 heterocycles. The van der Waals surface area contributed by atoms with Gasteiger partial charge in [-0.25, -0.2) is 8.42 Å². The van der Waals surface area contributed by atoms with E-state index in [1.165, 1.54) is 15.6 Å². The highest BCUT2D eigenvalue weighted by Crippen LogP contribution is 2.31. The van der Waals surface area contributed by atoms with Crippen molar-refractivity contribution in [1.82, 2.24) is 4.31 Å². The van der Waals surface area contributed by atoms with Gasteiger partial charge in [0, 0.05) is 41.4 Å². The molecule has 1 aliphatic rings. The zero-order chi connectivity index (χ0) is 13.5. The average Bonchev–Trinajstić information content (AvgIpc) is 2.83. The zero-order valence-corrected chi connectivity index (χ0v) is 11.8. The summed E-state index contributed by atoms with van der Waals surface area (Å²) in [4.78, 5) is 11.6. The number of benzene rings is 1. The monoisotopic (exact) mass is 295 g/mol. The highest BCUT2D eigenvalue weighted by Gasteiger charge is 2.30. The number of fused-ring (bicyclic) bond motifs is 1. The number of hydrogen-bond donors (Lipinski definition) is 0. The van der Waals surface area contributed by atoms with Gasteiger partial charge >= 0.3 is 0 Å². The van der Waals surface area contributed by atoms with E-state index in [9.17, 15) is 13.2 Å². The van der Waals surface area contributed by atoms with Crippen LogP contribution in [0, 0.1) is 0 Å². The third-order valence-corrected chi connectivity index (χ3v) is 6.39. The van der Waals surface area contributed by atoms with E-state index >= 15 is 0 Å². The molecule has 0 radical (unpaired) electrons. The molecule has 1 saturated heterocycles. The van der Waals surface area contributed by atoms with Crippen LogP contribution < -0.4 is 0 Å².